The van der Waals surface area contributed by atoms with Crippen molar-refractivity contribution in [1.29, 1.82) is 0 Å². The molecular formula is C25H50O2. The summed E-state index contributed by atoms with van der Waals surface area (Å²) in [6.07, 6.45) is 25.4. The molecule has 0 heterocycles. The molecule has 0 spiro atoms. The maximum Gasteiger partial charge on any atom is 0.293 e. The lowest BCUT2D eigenvalue weighted by atomic mass is 9.93. The predicted octanol–water partition coefficient (Wildman–Crippen LogP) is 8.62. The number of hydrogen-bond acceptors (Lipinski definition) is 2. The van der Waals surface area contributed by atoms with E-state index in [1.807, 2.05) is 0 Å². The number of carbonyl (C=O) groups excluding carboxylic acids is 1. The molecule has 0 amide bonds. The molecule has 0 saturated carbocycles. The molecule has 0 aliphatic carbocycles. The number of hydrogen-bond donors (Lipinski definition) is 0. The molecule has 2 atom stereocenters. The molecule has 0 aromatic heterocycles. The Hall–Kier alpha value is -0.530. The van der Waals surface area contributed by atoms with Crippen molar-refractivity contribution in [1.82, 2.24) is 0 Å². The lowest BCUT2D eigenvalue weighted by Gasteiger charge is -2.22. The van der Waals surface area contributed by atoms with E-state index in [0.29, 0.717) is 12.4 Å². The summed E-state index contributed by atoms with van der Waals surface area (Å²) in [6.45, 7) is 7.47. The Kier molecular flexibility index (Phi) is 21.3. The zero-order chi connectivity index (χ0) is 20.0. The van der Waals surface area contributed by atoms with Crippen LogP contribution in [0.15, 0.2) is 0 Å². The van der Waals surface area contributed by atoms with Crippen molar-refractivity contribution in [3.05, 3.63) is 0 Å². The van der Waals surface area contributed by atoms with Crippen molar-refractivity contribution >= 4 is 6.47 Å². The zero-order valence-electron chi connectivity index (χ0n) is 19.0. The topological polar surface area (TPSA) is 26.3 Å². The first-order valence-corrected chi connectivity index (χ1v) is 12.3. The van der Waals surface area contributed by atoms with Crippen LogP contribution >= 0.6 is 0 Å². The Bertz CT molecular complexity index is 290. The lowest BCUT2D eigenvalue weighted by Crippen LogP contribution is -2.21. The minimum absolute atomic E-state index is 0.136. The SMILES string of the molecule is CCCCCCCCCCCCCC(OC=O)C(C)CCCCCCCC. The van der Waals surface area contributed by atoms with E-state index in [9.17, 15) is 4.79 Å². The van der Waals surface area contributed by atoms with Gasteiger partial charge in [0.05, 0.1) is 0 Å². The Morgan fingerprint density at radius 3 is 1.37 bits per heavy atom. The summed E-state index contributed by atoms with van der Waals surface area (Å²) in [5.74, 6) is 0.504. The van der Waals surface area contributed by atoms with Crippen LogP contribution < -0.4 is 0 Å². The van der Waals surface area contributed by atoms with Gasteiger partial charge < -0.3 is 4.74 Å². The first-order valence-electron chi connectivity index (χ1n) is 12.3. The van der Waals surface area contributed by atoms with Crippen LogP contribution in [-0.2, 0) is 9.53 Å². The first-order chi connectivity index (χ1) is 13.3. The van der Waals surface area contributed by atoms with E-state index in [1.165, 1.54) is 116 Å². The molecule has 2 unspecified atom stereocenters. The minimum atomic E-state index is 0.136. The van der Waals surface area contributed by atoms with Gasteiger partial charge in [-0.2, -0.15) is 0 Å². The van der Waals surface area contributed by atoms with E-state index in [1.54, 1.807) is 0 Å². The van der Waals surface area contributed by atoms with Gasteiger partial charge in [0.2, 0.25) is 0 Å². The second-order valence-electron chi connectivity index (χ2n) is 8.63. The van der Waals surface area contributed by atoms with Gasteiger partial charge in [-0.15, -0.1) is 0 Å². The van der Waals surface area contributed by atoms with Crippen LogP contribution in [0.1, 0.15) is 143 Å². The van der Waals surface area contributed by atoms with E-state index in [4.69, 9.17) is 4.74 Å². The average molecular weight is 383 g/mol. The molecule has 0 rings (SSSR count). The molecular weight excluding hydrogens is 332 g/mol. The lowest BCUT2D eigenvalue weighted by molar-refractivity contribution is -0.136. The van der Waals surface area contributed by atoms with Crippen molar-refractivity contribution < 1.29 is 9.53 Å². The molecule has 0 aliphatic rings. The normalized spacial score (nSPS) is 13.4. The van der Waals surface area contributed by atoms with Crippen LogP contribution in [0.4, 0.5) is 0 Å². The number of rotatable bonds is 22. The highest BCUT2D eigenvalue weighted by molar-refractivity contribution is 5.37. The second kappa shape index (κ2) is 21.8. The van der Waals surface area contributed by atoms with E-state index in [2.05, 4.69) is 20.8 Å². The fraction of sp³-hybridized carbons (Fsp3) is 0.960. The molecule has 2 nitrogen and oxygen atoms in total. The summed E-state index contributed by atoms with van der Waals surface area (Å²) in [5.41, 5.74) is 0. The number of carbonyl (C=O) groups is 1. The average Bonchev–Trinajstić information content (AvgIpc) is 2.67. The smallest absolute Gasteiger partial charge is 0.293 e. The second-order valence-corrected chi connectivity index (χ2v) is 8.63. The maximum atomic E-state index is 10.8. The molecule has 0 radical (unpaired) electrons. The van der Waals surface area contributed by atoms with Gasteiger partial charge in [0.25, 0.3) is 6.47 Å². The summed E-state index contributed by atoms with van der Waals surface area (Å²) >= 11 is 0. The van der Waals surface area contributed by atoms with Crippen LogP contribution in [0.2, 0.25) is 0 Å². The van der Waals surface area contributed by atoms with Crippen molar-refractivity contribution in [2.45, 2.75) is 149 Å². The summed E-state index contributed by atoms with van der Waals surface area (Å²) < 4.78 is 5.41. The highest BCUT2D eigenvalue weighted by Gasteiger charge is 2.17. The van der Waals surface area contributed by atoms with Crippen LogP contribution in [-0.4, -0.2) is 12.6 Å². The van der Waals surface area contributed by atoms with Crippen LogP contribution in [0.25, 0.3) is 0 Å². The quantitative estimate of drug-likeness (QED) is 0.138. The maximum absolute atomic E-state index is 10.8. The third kappa shape index (κ3) is 18.6. The van der Waals surface area contributed by atoms with Crippen LogP contribution in [0.5, 0.6) is 0 Å². The molecule has 0 aliphatic heterocycles. The van der Waals surface area contributed by atoms with Gasteiger partial charge in [0, 0.05) is 0 Å². The van der Waals surface area contributed by atoms with Crippen molar-refractivity contribution in [2.24, 2.45) is 5.92 Å². The van der Waals surface area contributed by atoms with Gasteiger partial charge in [-0.3, -0.25) is 4.79 Å². The first kappa shape index (κ1) is 26.5. The highest BCUT2D eigenvalue weighted by Crippen LogP contribution is 2.21. The molecule has 2 heteroatoms. The highest BCUT2D eigenvalue weighted by atomic mass is 16.5. The molecule has 162 valence electrons. The van der Waals surface area contributed by atoms with Crippen LogP contribution in [0.3, 0.4) is 0 Å². The molecule has 0 N–H and O–H groups in total. The fourth-order valence-electron chi connectivity index (χ4n) is 4.00. The number of unbranched alkanes of at least 4 members (excludes halogenated alkanes) is 15. The third-order valence-electron chi connectivity index (χ3n) is 5.97. The Morgan fingerprint density at radius 2 is 0.963 bits per heavy atom. The summed E-state index contributed by atoms with van der Waals surface area (Å²) in [5, 5.41) is 0. The minimum Gasteiger partial charge on any atom is -0.464 e. The van der Waals surface area contributed by atoms with Gasteiger partial charge in [-0.1, -0.05) is 124 Å². The monoisotopic (exact) mass is 382 g/mol. The molecule has 0 bridgehead atoms. The zero-order valence-corrected chi connectivity index (χ0v) is 19.0. The van der Waals surface area contributed by atoms with Crippen molar-refractivity contribution in [3.8, 4) is 0 Å². The summed E-state index contributed by atoms with van der Waals surface area (Å²) in [7, 11) is 0. The largest absolute Gasteiger partial charge is 0.464 e. The molecule has 0 aromatic carbocycles. The van der Waals surface area contributed by atoms with Gasteiger partial charge in [-0.05, 0) is 25.2 Å². The predicted molar refractivity (Wildman–Crippen MR) is 119 cm³/mol. The summed E-state index contributed by atoms with van der Waals surface area (Å²) in [4.78, 5) is 10.8. The van der Waals surface area contributed by atoms with Gasteiger partial charge in [0.1, 0.15) is 6.10 Å². The van der Waals surface area contributed by atoms with Gasteiger partial charge in [0.15, 0.2) is 0 Å². The van der Waals surface area contributed by atoms with Gasteiger partial charge >= 0.3 is 0 Å². The third-order valence-corrected chi connectivity index (χ3v) is 5.97. The molecule has 0 fully saturated rings. The molecule has 0 saturated heterocycles. The molecule has 27 heavy (non-hydrogen) atoms. The van der Waals surface area contributed by atoms with Gasteiger partial charge in [-0.25, -0.2) is 0 Å². The van der Waals surface area contributed by atoms with Crippen LogP contribution in [0, 0.1) is 5.92 Å². The Balaban J connectivity index is 3.60. The summed E-state index contributed by atoms with van der Waals surface area (Å²) in [6, 6.07) is 0. The molecule has 0 aromatic rings. The van der Waals surface area contributed by atoms with E-state index < -0.39 is 0 Å². The fourth-order valence-corrected chi connectivity index (χ4v) is 4.00. The van der Waals surface area contributed by atoms with E-state index >= 15 is 0 Å². The van der Waals surface area contributed by atoms with E-state index in [-0.39, 0.29) is 6.10 Å². The van der Waals surface area contributed by atoms with Crippen molar-refractivity contribution in [3.63, 3.8) is 0 Å². The van der Waals surface area contributed by atoms with Crippen molar-refractivity contribution in [2.75, 3.05) is 0 Å². The Morgan fingerprint density at radius 1 is 0.593 bits per heavy atom. The Labute approximate surface area is 171 Å². The number of ether oxygens (including phenoxy) is 1. The standard InChI is InChI=1S/C25H50O2/c1-4-6-8-10-12-13-14-15-16-18-20-22-25(27-23-26)24(3)21-19-17-11-9-7-5-2/h23-25H,4-22H2,1-3H3. The van der Waals surface area contributed by atoms with E-state index in [0.717, 1.165) is 6.42 Å².